The summed E-state index contributed by atoms with van der Waals surface area (Å²) in [5, 5.41) is 8.81. The Labute approximate surface area is 133 Å². The normalized spacial score (nSPS) is 11.5. The van der Waals surface area contributed by atoms with E-state index in [9.17, 15) is 13.2 Å². The van der Waals surface area contributed by atoms with E-state index >= 15 is 0 Å². The molecule has 4 N–H and O–H groups in total. The monoisotopic (exact) mass is 329 g/mol. The van der Waals surface area contributed by atoms with Crippen LogP contribution in [0.2, 0.25) is 0 Å². The summed E-state index contributed by atoms with van der Waals surface area (Å²) in [7, 11) is -3.70. The van der Waals surface area contributed by atoms with Gasteiger partial charge in [-0.1, -0.05) is 12.1 Å². The van der Waals surface area contributed by atoms with Crippen molar-refractivity contribution in [1.82, 2.24) is 10.3 Å². The van der Waals surface area contributed by atoms with Gasteiger partial charge in [-0.25, -0.2) is 13.6 Å². The van der Waals surface area contributed by atoms with Crippen LogP contribution in [0.3, 0.4) is 0 Å². The lowest BCUT2D eigenvalue weighted by molar-refractivity contribution is 0.0951. The van der Waals surface area contributed by atoms with E-state index in [2.05, 4.69) is 10.3 Å². The smallest absolute Gasteiger partial charge is 0.251 e. The fourth-order valence-corrected chi connectivity index (χ4v) is 2.79. The first kappa shape index (κ1) is 15.3. The average molecular weight is 329 g/mol. The van der Waals surface area contributed by atoms with Crippen molar-refractivity contribution in [3.05, 3.63) is 65.9 Å². The second-order valence-electron chi connectivity index (χ2n) is 5.15. The van der Waals surface area contributed by atoms with E-state index in [1.807, 2.05) is 24.4 Å². The zero-order valence-corrected chi connectivity index (χ0v) is 12.9. The van der Waals surface area contributed by atoms with Crippen LogP contribution in [-0.2, 0) is 16.6 Å². The lowest BCUT2D eigenvalue weighted by Gasteiger charge is -2.06. The summed E-state index contributed by atoms with van der Waals surface area (Å²) in [5.41, 5.74) is 2.33. The van der Waals surface area contributed by atoms with Crippen LogP contribution in [0.15, 0.2) is 59.6 Å². The number of aromatic nitrogens is 1. The number of nitrogens with one attached hydrogen (secondary N) is 2. The fourth-order valence-electron chi connectivity index (χ4n) is 2.28. The molecule has 1 heterocycles. The second kappa shape index (κ2) is 5.86. The number of carbonyl (C=O) groups is 1. The van der Waals surface area contributed by atoms with E-state index in [0.717, 1.165) is 16.5 Å². The van der Waals surface area contributed by atoms with E-state index in [4.69, 9.17) is 5.14 Å². The van der Waals surface area contributed by atoms with Gasteiger partial charge >= 0.3 is 0 Å². The van der Waals surface area contributed by atoms with Gasteiger partial charge in [0.05, 0.1) is 4.90 Å². The standard InChI is InChI=1S/C16H15N3O3S/c17-23(21,22)14-4-1-11(2-5-14)10-19-16(20)13-3-6-15-12(9-13)7-8-18-15/h1-9,18H,10H2,(H,19,20)(H2,17,21,22). The Morgan fingerprint density at radius 3 is 2.52 bits per heavy atom. The summed E-state index contributed by atoms with van der Waals surface area (Å²) >= 11 is 0. The van der Waals surface area contributed by atoms with Gasteiger partial charge in [-0.2, -0.15) is 0 Å². The molecule has 0 spiro atoms. The first-order valence-electron chi connectivity index (χ1n) is 6.90. The van der Waals surface area contributed by atoms with Crippen molar-refractivity contribution in [3.8, 4) is 0 Å². The van der Waals surface area contributed by atoms with Gasteiger partial charge in [0.15, 0.2) is 0 Å². The molecule has 118 valence electrons. The van der Waals surface area contributed by atoms with Crippen LogP contribution in [-0.4, -0.2) is 19.3 Å². The summed E-state index contributed by atoms with van der Waals surface area (Å²) in [6.07, 6.45) is 1.82. The molecule has 3 rings (SSSR count). The summed E-state index contributed by atoms with van der Waals surface area (Å²) in [6, 6.07) is 13.4. The minimum Gasteiger partial charge on any atom is -0.361 e. The molecule has 7 heteroatoms. The quantitative estimate of drug-likeness (QED) is 0.679. The first-order valence-corrected chi connectivity index (χ1v) is 8.45. The molecule has 2 aromatic carbocycles. The predicted molar refractivity (Wildman–Crippen MR) is 87.3 cm³/mol. The van der Waals surface area contributed by atoms with E-state index in [0.29, 0.717) is 12.1 Å². The third-order valence-corrected chi connectivity index (χ3v) is 4.45. The number of hydrogen-bond donors (Lipinski definition) is 3. The molecule has 0 aliphatic heterocycles. The predicted octanol–water partition coefficient (Wildman–Crippen LogP) is 1.75. The van der Waals surface area contributed by atoms with Crippen LogP contribution in [0.5, 0.6) is 0 Å². The van der Waals surface area contributed by atoms with Gasteiger partial charge in [0.1, 0.15) is 0 Å². The molecular weight excluding hydrogens is 314 g/mol. The largest absolute Gasteiger partial charge is 0.361 e. The Bertz CT molecular complexity index is 960. The molecular formula is C16H15N3O3S. The van der Waals surface area contributed by atoms with Crippen molar-refractivity contribution >= 4 is 26.8 Å². The lowest BCUT2D eigenvalue weighted by atomic mass is 10.1. The third-order valence-electron chi connectivity index (χ3n) is 3.52. The maximum Gasteiger partial charge on any atom is 0.251 e. The number of nitrogens with two attached hydrogens (primary N) is 1. The topological polar surface area (TPSA) is 105 Å². The molecule has 0 atom stereocenters. The summed E-state index contributed by atoms with van der Waals surface area (Å²) in [6.45, 7) is 0.301. The van der Waals surface area contributed by atoms with Crippen molar-refractivity contribution in [1.29, 1.82) is 0 Å². The minimum atomic E-state index is -3.70. The number of fused-ring (bicyclic) bond motifs is 1. The van der Waals surface area contributed by atoms with Crippen LogP contribution in [0.25, 0.3) is 10.9 Å². The van der Waals surface area contributed by atoms with Gasteiger partial charge in [-0.15, -0.1) is 0 Å². The van der Waals surface area contributed by atoms with Gasteiger partial charge in [0, 0.05) is 29.2 Å². The maximum atomic E-state index is 12.2. The highest BCUT2D eigenvalue weighted by Gasteiger charge is 2.09. The number of amides is 1. The highest BCUT2D eigenvalue weighted by Crippen LogP contribution is 2.14. The highest BCUT2D eigenvalue weighted by atomic mass is 32.2. The van der Waals surface area contributed by atoms with Gasteiger partial charge in [-0.3, -0.25) is 4.79 Å². The van der Waals surface area contributed by atoms with E-state index < -0.39 is 10.0 Å². The van der Waals surface area contributed by atoms with E-state index in [1.54, 1.807) is 18.2 Å². The van der Waals surface area contributed by atoms with Crippen LogP contribution >= 0.6 is 0 Å². The molecule has 0 bridgehead atoms. The Kier molecular flexibility index (Phi) is 3.89. The summed E-state index contributed by atoms with van der Waals surface area (Å²) in [5.74, 6) is -0.191. The number of benzene rings is 2. The van der Waals surface area contributed by atoms with Gasteiger partial charge < -0.3 is 10.3 Å². The number of sulfonamides is 1. The van der Waals surface area contributed by atoms with Crippen molar-refractivity contribution in [2.45, 2.75) is 11.4 Å². The molecule has 23 heavy (non-hydrogen) atoms. The van der Waals surface area contributed by atoms with Crippen LogP contribution in [0.4, 0.5) is 0 Å². The molecule has 1 aromatic heterocycles. The van der Waals surface area contributed by atoms with Crippen LogP contribution in [0.1, 0.15) is 15.9 Å². The highest BCUT2D eigenvalue weighted by molar-refractivity contribution is 7.89. The lowest BCUT2D eigenvalue weighted by Crippen LogP contribution is -2.22. The second-order valence-corrected chi connectivity index (χ2v) is 6.71. The third kappa shape index (κ3) is 3.41. The molecule has 0 radical (unpaired) electrons. The molecule has 0 fully saturated rings. The number of hydrogen-bond acceptors (Lipinski definition) is 3. The van der Waals surface area contributed by atoms with Crippen molar-refractivity contribution in [3.63, 3.8) is 0 Å². The number of H-pyrrole nitrogens is 1. The average Bonchev–Trinajstić information content (AvgIpc) is 2.99. The molecule has 1 amide bonds. The van der Waals surface area contributed by atoms with Crippen molar-refractivity contribution in [2.75, 3.05) is 0 Å². The van der Waals surface area contributed by atoms with Gasteiger partial charge in [0.25, 0.3) is 5.91 Å². The van der Waals surface area contributed by atoms with Gasteiger partial charge in [-0.05, 0) is 42.0 Å². The molecule has 0 aliphatic rings. The SMILES string of the molecule is NS(=O)(=O)c1ccc(CNC(=O)c2ccc3[nH]ccc3c2)cc1. The van der Waals surface area contributed by atoms with Crippen LogP contribution in [0, 0.1) is 0 Å². The Hall–Kier alpha value is -2.64. The number of aromatic amines is 1. The van der Waals surface area contributed by atoms with E-state index in [-0.39, 0.29) is 10.8 Å². The zero-order chi connectivity index (χ0) is 16.4. The fraction of sp³-hybridized carbons (Fsp3) is 0.0625. The molecule has 0 aliphatic carbocycles. The molecule has 0 saturated heterocycles. The molecule has 0 saturated carbocycles. The van der Waals surface area contributed by atoms with Crippen molar-refractivity contribution < 1.29 is 13.2 Å². The van der Waals surface area contributed by atoms with Gasteiger partial charge in [0.2, 0.25) is 10.0 Å². The molecule has 0 unspecified atom stereocenters. The Morgan fingerprint density at radius 2 is 1.83 bits per heavy atom. The van der Waals surface area contributed by atoms with E-state index in [1.165, 1.54) is 12.1 Å². The van der Waals surface area contributed by atoms with Crippen LogP contribution < -0.4 is 10.5 Å². The maximum absolute atomic E-state index is 12.2. The zero-order valence-electron chi connectivity index (χ0n) is 12.1. The summed E-state index contributed by atoms with van der Waals surface area (Å²) < 4.78 is 22.4. The number of primary sulfonamides is 1. The molecule has 6 nitrogen and oxygen atoms in total. The summed E-state index contributed by atoms with van der Waals surface area (Å²) in [4.78, 5) is 15.3. The minimum absolute atomic E-state index is 0.0467. The first-order chi connectivity index (χ1) is 10.9. The molecule has 3 aromatic rings. The number of rotatable bonds is 4. The number of carbonyl (C=O) groups excluding carboxylic acids is 1. The van der Waals surface area contributed by atoms with Crippen molar-refractivity contribution in [2.24, 2.45) is 5.14 Å². The Balaban J connectivity index is 1.68. The Morgan fingerprint density at radius 1 is 1.09 bits per heavy atom.